The Balaban J connectivity index is 1.90. The molecule has 7 nitrogen and oxygen atoms in total. The van der Waals surface area contributed by atoms with Gasteiger partial charge < -0.3 is 20.5 Å². The number of hydrogen-bond acceptors (Lipinski definition) is 6. The average Bonchev–Trinajstić information content (AvgIpc) is 2.91. The topological polar surface area (TPSA) is 107 Å². The van der Waals surface area contributed by atoms with Crippen molar-refractivity contribution in [1.29, 1.82) is 0 Å². The fourth-order valence-corrected chi connectivity index (χ4v) is 1.97. The lowest BCUT2D eigenvalue weighted by Gasteiger charge is -2.15. The van der Waals surface area contributed by atoms with Crippen LogP contribution in [0.2, 0.25) is 0 Å². The zero-order valence-electron chi connectivity index (χ0n) is 10.7. The third-order valence-electron chi connectivity index (χ3n) is 3.07. The maximum Gasteiger partial charge on any atom is 0.162 e. The molecular formula is C13H13N5O2. The van der Waals surface area contributed by atoms with Gasteiger partial charge in [-0.15, -0.1) is 0 Å². The molecule has 1 atom stereocenters. The Bertz CT molecular complexity index is 755. The summed E-state index contributed by atoms with van der Waals surface area (Å²) in [4.78, 5) is 15.3. The SMILES string of the molecule is CC(Nc1ncnc2[nH]cnc12)c1ccc(O)c(O)c1. The fourth-order valence-electron chi connectivity index (χ4n) is 1.97. The highest BCUT2D eigenvalue weighted by Gasteiger charge is 2.12. The van der Waals surface area contributed by atoms with Crippen LogP contribution in [-0.2, 0) is 0 Å². The molecule has 3 aromatic rings. The Hall–Kier alpha value is -2.83. The van der Waals surface area contributed by atoms with E-state index >= 15 is 0 Å². The third-order valence-corrected chi connectivity index (χ3v) is 3.07. The van der Waals surface area contributed by atoms with Gasteiger partial charge in [0.1, 0.15) is 11.8 Å². The molecule has 2 heterocycles. The van der Waals surface area contributed by atoms with E-state index in [2.05, 4.69) is 25.3 Å². The van der Waals surface area contributed by atoms with Gasteiger partial charge in [0, 0.05) is 0 Å². The van der Waals surface area contributed by atoms with Crippen LogP contribution in [0, 0.1) is 0 Å². The molecule has 1 aromatic carbocycles. The predicted molar refractivity (Wildman–Crippen MR) is 73.5 cm³/mol. The number of fused-ring (bicyclic) bond motifs is 1. The molecule has 102 valence electrons. The summed E-state index contributed by atoms with van der Waals surface area (Å²) in [7, 11) is 0. The lowest BCUT2D eigenvalue weighted by molar-refractivity contribution is 0.403. The van der Waals surface area contributed by atoms with Crippen molar-refractivity contribution in [2.45, 2.75) is 13.0 Å². The highest BCUT2D eigenvalue weighted by molar-refractivity contribution is 5.82. The Labute approximate surface area is 114 Å². The smallest absolute Gasteiger partial charge is 0.162 e. The number of nitrogens with one attached hydrogen (secondary N) is 2. The number of imidazole rings is 1. The first-order valence-corrected chi connectivity index (χ1v) is 6.07. The highest BCUT2D eigenvalue weighted by atomic mass is 16.3. The van der Waals surface area contributed by atoms with Crippen molar-refractivity contribution in [2.75, 3.05) is 5.32 Å². The molecule has 0 aliphatic heterocycles. The summed E-state index contributed by atoms with van der Waals surface area (Å²) in [5.74, 6) is 0.317. The first-order chi connectivity index (χ1) is 9.65. The molecule has 0 radical (unpaired) electrons. The van der Waals surface area contributed by atoms with Crippen LogP contribution >= 0.6 is 0 Å². The van der Waals surface area contributed by atoms with E-state index in [4.69, 9.17) is 0 Å². The van der Waals surface area contributed by atoms with Gasteiger partial charge in [-0.05, 0) is 24.6 Å². The molecule has 0 fully saturated rings. The molecule has 0 bridgehead atoms. The number of phenols is 2. The minimum Gasteiger partial charge on any atom is -0.504 e. The molecule has 2 aromatic heterocycles. The number of benzene rings is 1. The number of H-pyrrole nitrogens is 1. The quantitative estimate of drug-likeness (QED) is 0.542. The normalized spacial score (nSPS) is 12.4. The second-order valence-electron chi connectivity index (χ2n) is 4.44. The van der Waals surface area contributed by atoms with Crippen LogP contribution in [0.5, 0.6) is 11.5 Å². The van der Waals surface area contributed by atoms with E-state index in [1.165, 1.54) is 18.5 Å². The van der Waals surface area contributed by atoms with Gasteiger partial charge in [0.05, 0.1) is 12.4 Å². The molecule has 4 N–H and O–H groups in total. The molecule has 0 spiro atoms. The molecule has 0 saturated heterocycles. The molecule has 0 amide bonds. The van der Waals surface area contributed by atoms with Crippen LogP contribution in [0.1, 0.15) is 18.5 Å². The standard InChI is InChI=1S/C13H13N5O2/c1-7(8-2-3-9(19)10(20)4-8)18-13-11-12(15-5-14-11)16-6-17-13/h2-7,19-20H,1H3,(H2,14,15,16,17,18). The van der Waals surface area contributed by atoms with E-state index in [0.717, 1.165) is 5.56 Å². The minimum atomic E-state index is -0.149. The Morgan fingerprint density at radius 3 is 2.80 bits per heavy atom. The van der Waals surface area contributed by atoms with Crippen LogP contribution in [0.15, 0.2) is 30.9 Å². The number of aromatic nitrogens is 4. The van der Waals surface area contributed by atoms with Gasteiger partial charge in [-0.3, -0.25) is 0 Å². The number of hydrogen-bond donors (Lipinski definition) is 4. The molecule has 3 rings (SSSR count). The van der Waals surface area contributed by atoms with Crippen molar-refractivity contribution in [1.82, 2.24) is 19.9 Å². The van der Waals surface area contributed by atoms with Gasteiger partial charge in [0.25, 0.3) is 0 Å². The van der Waals surface area contributed by atoms with Crippen LogP contribution < -0.4 is 5.32 Å². The lowest BCUT2D eigenvalue weighted by atomic mass is 10.1. The Kier molecular flexibility index (Phi) is 2.86. The largest absolute Gasteiger partial charge is 0.504 e. The van der Waals surface area contributed by atoms with Crippen molar-refractivity contribution < 1.29 is 10.2 Å². The summed E-state index contributed by atoms with van der Waals surface area (Å²) in [6.45, 7) is 1.92. The first-order valence-electron chi connectivity index (χ1n) is 6.07. The minimum absolute atomic E-state index is 0.115. The predicted octanol–water partition coefficient (Wildman–Crippen LogP) is 1.94. The number of aromatic amines is 1. The van der Waals surface area contributed by atoms with Gasteiger partial charge in [0.15, 0.2) is 23.0 Å². The van der Waals surface area contributed by atoms with Crippen molar-refractivity contribution in [3.8, 4) is 11.5 Å². The van der Waals surface area contributed by atoms with Gasteiger partial charge in [-0.25, -0.2) is 15.0 Å². The van der Waals surface area contributed by atoms with E-state index in [-0.39, 0.29) is 17.5 Å². The van der Waals surface area contributed by atoms with Crippen LogP contribution in [-0.4, -0.2) is 30.1 Å². The molecule has 0 aliphatic carbocycles. The van der Waals surface area contributed by atoms with E-state index < -0.39 is 0 Å². The monoisotopic (exact) mass is 271 g/mol. The Morgan fingerprint density at radius 2 is 2.00 bits per heavy atom. The summed E-state index contributed by atoms with van der Waals surface area (Å²) in [6, 6.07) is 4.58. The van der Waals surface area contributed by atoms with E-state index in [9.17, 15) is 10.2 Å². The van der Waals surface area contributed by atoms with Crippen LogP contribution in [0.3, 0.4) is 0 Å². The molecule has 20 heavy (non-hydrogen) atoms. The Morgan fingerprint density at radius 1 is 1.15 bits per heavy atom. The maximum absolute atomic E-state index is 9.53. The first kappa shape index (κ1) is 12.2. The summed E-state index contributed by atoms with van der Waals surface area (Å²) in [5.41, 5.74) is 2.13. The second-order valence-corrected chi connectivity index (χ2v) is 4.44. The summed E-state index contributed by atoms with van der Waals surface area (Å²) < 4.78 is 0. The van der Waals surface area contributed by atoms with Gasteiger partial charge in [-0.1, -0.05) is 6.07 Å². The number of aromatic hydroxyl groups is 2. The van der Waals surface area contributed by atoms with Gasteiger partial charge >= 0.3 is 0 Å². The molecular weight excluding hydrogens is 258 g/mol. The van der Waals surface area contributed by atoms with Crippen molar-refractivity contribution in [3.05, 3.63) is 36.4 Å². The summed E-state index contributed by atoms with van der Waals surface area (Å²) in [5, 5.41) is 22.1. The lowest BCUT2D eigenvalue weighted by Crippen LogP contribution is -2.08. The maximum atomic E-state index is 9.53. The van der Waals surface area contributed by atoms with Crippen molar-refractivity contribution >= 4 is 17.0 Å². The number of rotatable bonds is 3. The van der Waals surface area contributed by atoms with E-state index in [1.807, 2.05) is 6.92 Å². The fraction of sp³-hybridized carbons (Fsp3) is 0.154. The highest BCUT2D eigenvalue weighted by Crippen LogP contribution is 2.29. The number of anilines is 1. The third kappa shape index (κ3) is 2.09. The molecule has 0 aliphatic rings. The molecule has 1 unspecified atom stereocenters. The van der Waals surface area contributed by atoms with Crippen LogP contribution in [0.4, 0.5) is 5.82 Å². The van der Waals surface area contributed by atoms with E-state index in [0.29, 0.717) is 17.0 Å². The zero-order chi connectivity index (χ0) is 14.1. The van der Waals surface area contributed by atoms with E-state index in [1.54, 1.807) is 12.4 Å². The van der Waals surface area contributed by atoms with Gasteiger partial charge in [0.2, 0.25) is 0 Å². The van der Waals surface area contributed by atoms with Gasteiger partial charge in [-0.2, -0.15) is 0 Å². The summed E-state index contributed by atoms with van der Waals surface area (Å²) >= 11 is 0. The van der Waals surface area contributed by atoms with Crippen LogP contribution in [0.25, 0.3) is 11.2 Å². The number of phenolic OH excluding ortho intramolecular Hbond substituents is 2. The molecule has 7 heteroatoms. The second kappa shape index (κ2) is 4.69. The van der Waals surface area contributed by atoms with Crippen molar-refractivity contribution in [3.63, 3.8) is 0 Å². The average molecular weight is 271 g/mol. The van der Waals surface area contributed by atoms with Crippen molar-refractivity contribution in [2.24, 2.45) is 0 Å². The summed E-state index contributed by atoms with van der Waals surface area (Å²) in [6.07, 6.45) is 3.01. The zero-order valence-corrected chi connectivity index (χ0v) is 10.7. The number of nitrogens with zero attached hydrogens (tertiary/aromatic N) is 3. The molecule has 0 saturated carbocycles.